The number of para-hydroxylation sites is 1. The zero-order chi connectivity index (χ0) is 11.5. The van der Waals surface area contributed by atoms with E-state index in [0.717, 1.165) is 11.5 Å². The molecule has 5 nitrogen and oxygen atoms in total. The Hall–Kier alpha value is -2.02. The van der Waals surface area contributed by atoms with Crippen LogP contribution in [0.4, 0.5) is 15.8 Å². The van der Waals surface area contributed by atoms with Gasteiger partial charge in [-0.3, -0.25) is 4.79 Å². The first-order chi connectivity index (χ1) is 7.68. The third-order valence-electron chi connectivity index (χ3n) is 1.88. The number of amides is 1. The number of halogens is 1. The van der Waals surface area contributed by atoms with E-state index in [4.69, 9.17) is 5.73 Å². The normalized spacial score (nSPS) is 10.1. The molecule has 0 bridgehead atoms. The van der Waals surface area contributed by atoms with Crippen molar-refractivity contribution in [1.29, 1.82) is 0 Å². The van der Waals surface area contributed by atoms with E-state index < -0.39 is 11.7 Å². The zero-order valence-electron chi connectivity index (χ0n) is 7.98. The fourth-order valence-electron chi connectivity index (χ4n) is 1.11. The van der Waals surface area contributed by atoms with Gasteiger partial charge in [-0.05, 0) is 23.7 Å². The molecule has 16 heavy (non-hydrogen) atoms. The maximum Gasteiger partial charge on any atom is 0.277 e. The summed E-state index contributed by atoms with van der Waals surface area (Å²) in [5, 5.41) is 7.38. The zero-order valence-corrected chi connectivity index (χ0v) is 8.79. The Balaban J connectivity index is 2.25. The molecule has 1 heterocycles. The summed E-state index contributed by atoms with van der Waals surface area (Å²) in [7, 11) is 0. The molecule has 82 valence electrons. The van der Waals surface area contributed by atoms with E-state index in [9.17, 15) is 9.18 Å². The third-order valence-corrected chi connectivity index (χ3v) is 2.38. The van der Waals surface area contributed by atoms with Crippen LogP contribution < -0.4 is 11.1 Å². The minimum atomic E-state index is -0.587. The average molecular weight is 238 g/mol. The molecular weight excluding hydrogens is 231 g/mol. The summed E-state index contributed by atoms with van der Waals surface area (Å²) in [5.41, 5.74) is 5.79. The quantitative estimate of drug-likeness (QED) is 0.777. The van der Waals surface area contributed by atoms with E-state index in [-0.39, 0.29) is 17.1 Å². The number of nitrogens with one attached hydrogen (secondary N) is 1. The average Bonchev–Trinajstić information content (AvgIpc) is 2.76. The van der Waals surface area contributed by atoms with Crippen LogP contribution in [0.25, 0.3) is 0 Å². The van der Waals surface area contributed by atoms with Crippen molar-refractivity contribution in [3.63, 3.8) is 0 Å². The summed E-state index contributed by atoms with van der Waals surface area (Å²) in [6, 6.07) is 4.17. The van der Waals surface area contributed by atoms with Gasteiger partial charge in [-0.2, -0.15) is 0 Å². The van der Waals surface area contributed by atoms with Gasteiger partial charge in [0.1, 0.15) is 11.5 Å². The van der Waals surface area contributed by atoms with Crippen LogP contribution in [0, 0.1) is 5.82 Å². The van der Waals surface area contributed by atoms with Gasteiger partial charge in [0.2, 0.25) is 0 Å². The van der Waals surface area contributed by atoms with Gasteiger partial charge in [0.15, 0.2) is 5.69 Å². The number of rotatable bonds is 2. The highest BCUT2D eigenvalue weighted by Crippen LogP contribution is 2.22. The number of aromatic nitrogens is 2. The molecule has 0 spiro atoms. The lowest BCUT2D eigenvalue weighted by atomic mass is 10.2. The van der Waals surface area contributed by atoms with E-state index in [1.807, 2.05) is 0 Å². The standard InChI is InChI=1S/C9H7FN4OS/c10-5-2-1-3-6(11)8(5)12-9(15)7-4-16-14-13-7/h1-4H,11H2,(H,12,15). The van der Waals surface area contributed by atoms with Crippen molar-refractivity contribution < 1.29 is 9.18 Å². The van der Waals surface area contributed by atoms with Crippen molar-refractivity contribution in [2.75, 3.05) is 11.1 Å². The first kappa shape index (κ1) is 10.5. The summed E-state index contributed by atoms with van der Waals surface area (Å²) in [6.07, 6.45) is 0. The fourth-order valence-corrected chi connectivity index (χ4v) is 1.55. The number of carbonyl (C=O) groups excluding carboxylic acids is 1. The summed E-state index contributed by atoms with van der Waals surface area (Å²) in [5.74, 6) is -1.12. The second-order valence-electron chi connectivity index (χ2n) is 2.95. The monoisotopic (exact) mass is 238 g/mol. The molecule has 0 saturated carbocycles. The van der Waals surface area contributed by atoms with Crippen molar-refractivity contribution in [3.05, 3.63) is 35.1 Å². The third kappa shape index (κ3) is 1.98. The first-order valence-electron chi connectivity index (χ1n) is 4.31. The summed E-state index contributed by atoms with van der Waals surface area (Å²) in [6.45, 7) is 0. The second-order valence-corrected chi connectivity index (χ2v) is 3.56. The predicted molar refractivity (Wildman–Crippen MR) is 58.7 cm³/mol. The lowest BCUT2D eigenvalue weighted by molar-refractivity contribution is 0.102. The molecular formula is C9H7FN4OS. The van der Waals surface area contributed by atoms with Gasteiger partial charge >= 0.3 is 0 Å². The summed E-state index contributed by atoms with van der Waals surface area (Å²) < 4.78 is 16.9. The SMILES string of the molecule is Nc1cccc(F)c1NC(=O)c1csnn1. The molecule has 0 aliphatic rings. The van der Waals surface area contributed by atoms with Crippen LogP contribution in [0.1, 0.15) is 10.5 Å². The van der Waals surface area contributed by atoms with Crippen LogP contribution in [0.5, 0.6) is 0 Å². The van der Waals surface area contributed by atoms with Crippen LogP contribution >= 0.6 is 11.5 Å². The van der Waals surface area contributed by atoms with Crippen molar-refractivity contribution in [3.8, 4) is 0 Å². The van der Waals surface area contributed by atoms with E-state index in [2.05, 4.69) is 14.9 Å². The highest BCUT2D eigenvalue weighted by molar-refractivity contribution is 7.03. The number of anilines is 2. The molecule has 0 radical (unpaired) electrons. The summed E-state index contributed by atoms with van der Waals surface area (Å²) >= 11 is 1.04. The molecule has 0 aliphatic carbocycles. The van der Waals surface area contributed by atoms with E-state index in [1.165, 1.54) is 23.6 Å². The Kier molecular flexibility index (Phi) is 2.78. The lowest BCUT2D eigenvalue weighted by Crippen LogP contribution is -2.14. The minimum Gasteiger partial charge on any atom is -0.397 e. The van der Waals surface area contributed by atoms with E-state index in [0.29, 0.717) is 0 Å². The van der Waals surface area contributed by atoms with Crippen molar-refractivity contribution in [2.24, 2.45) is 0 Å². The van der Waals surface area contributed by atoms with Crippen molar-refractivity contribution >= 4 is 28.8 Å². The molecule has 1 aromatic heterocycles. The smallest absolute Gasteiger partial charge is 0.277 e. The number of nitrogens with two attached hydrogens (primary N) is 1. The molecule has 7 heteroatoms. The molecule has 0 aliphatic heterocycles. The lowest BCUT2D eigenvalue weighted by Gasteiger charge is -2.07. The molecule has 0 fully saturated rings. The molecule has 3 N–H and O–H groups in total. The number of benzene rings is 1. The van der Waals surface area contributed by atoms with Gasteiger partial charge in [-0.1, -0.05) is 10.6 Å². The number of nitrogens with zero attached hydrogens (tertiary/aromatic N) is 2. The highest BCUT2D eigenvalue weighted by atomic mass is 32.1. The Morgan fingerprint density at radius 1 is 1.50 bits per heavy atom. The Bertz CT molecular complexity index is 494. The molecule has 0 atom stereocenters. The maximum absolute atomic E-state index is 13.3. The highest BCUT2D eigenvalue weighted by Gasteiger charge is 2.13. The van der Waals surface area contributed by atoms with Crippen LogP contribution in [-0.2, 0) is 0 Å². The number of carbonyl (C=O) groups is 1. The first-order valence-corrected chi connectivity index (χ1v) is 5.14. The maximum atomic E-state index is 13.3. The molecule has 2 aromatic rings. The number of nitrogen functional groups attached to an aromatic ring is 1. The molecule has 2 rings (SSSR count). The largest absolute Gasteiger partial charge is 0.397 e. The van der Waals surface area contributed by atoms with Gasteiger partial charge in [0, 0.05) is 5.38 Å². The predicted octanol–water partition coefficient (Wildman–Crippen LogP) is 1.51. The van der Waals surface area contributed by atoms with Crippen LogP contribution in [0.3, 0.4) is 0 Å². The summed E-state index contributed by atoms with van der Waals surface area (Å²) in [4.78, 5) is 11.6. The van der Waals surface area contributed by atoms with Gasteiger partial charge in [0.05, 0.1) is 5.69 Å². The molecule has 0 unspecified atom stereocenters. The molecule has 0 saturated heterocycles. The Morgan fingerprint density at radius 2 is 2.31 bits per heavy atom. The minimum absolute atomic E-state index is 0.0412. The van der Waals surface area contributed by atoms with Gasteiger partial charge < -0.3 is 11.1 Å². The number of hydrogen-bond donors (Lipinski definition) is 2. The van der Waals surface area contributed by atoms with Gasteiger partial charge in [-0.15, -0.1) is 5.10 Å². The molecule has 1 amide bonds. The fraction of sp³-hybridized carbons (Fsp3) is 0. The van der Waals surface area contributed by atoms with Crippen molar-refractivity contribution in [2.45, 2.75) is 0 Å². The van der Waals surface area contributed by atoms with Gasteiger partial charge in [-0.25, -0.2) is 4.39 Å². The van der Waals surface area contributed by atoms with E-state index in [1.54, 1.807) is 0 Å². The van der Waals surface area contributed by atoms with Crippen LogP contribution in [0.15, 0.2) is 23.6 Å². The number of hydrogen-bond acceptors (Lipinski definition) is 5. The van der Waals surface area contributed by atoms with Gasteiger partial charge in [0.25, 0.3) is 5.91 Å². The Morgan fingerprint density at radius 3 is 2.94 bits per heavy atom. The second kappa shape index (κ2) is 4.23. The van der Waals surface area contributed by atoms with E-state index >= 15 is 0 Å². The Labute approximate surface area is 94.3 Å². The van der Waals surface area contributed by atoms with Crippen LogP contribution in [-0.4, -0.2) is 15.5 Å². The topological polar surface area (TPSA) is 80.9 Å². The van der Waals surface area contributed by atoms with Crippen molar-refractivity contribution in [1.82, 2.24) is 9.59 Å². The van der Waals surface area contributed by atoms with Crippen LogP contribution in [0.2, 0.25) is 0 Å². The molecule has 1 aromatic carbocycles.